The van der Waals surface area contributed by atoms with Gasteiger partial charge in [-0.15, -0.1) is 11.8 Å². The van der Waals surface area contributed by atoms with Crippen LogP contribution in [0.15, 0.2) is 72.1 Å². The van der Waals surface area contributed by atoms with Crippen LogP contribution in [0.3, 0.4) is 0 Å². The van der Waals surface area contributed by atoms with Gasteiger partial charge in [-0.1, -0.05) is 29.8 Å². The number of ether oxygens (including phenoxy) is 2. The molecule has 0 amide bonds. The number of thioether (sulfide) groups is 1. The second kappa shape index (κ2) is 9.68. The topological polar surface area (TPSA) is 36.3 Å². The summed E-state index contributed by atoms with van der Waals surface area (Å²) in [5.74, 6) is -0.168. The molecule has 4 rings (SSSR count). The fourth-order valence-corrected chi connectivity index (χ4v) is 4.54. The maximum Gasteiger partial charge on any atom is 0.416 e. The molecule has 1 fully saturated rings. The van der Waals surface area contributed by atoms with Gasteiger partial charge in [0.15, 0.2) is 5.79 Å². The molecule has 1 aliphatic rings. The van der Waals surface area contributed by atoms with Crippen molar-refractivity contribution in [1.29, 1.82) is 0 Å². The van der Waals surface area contributed by atoms with Crippen molar-refractivity contribution in [3.05, 3.63) is 83.9 Å². The van der Waals surface area contributed by atoms with Gasteiger partial charge in [0.05, 0.1) is 31.1 Å². The molecular weight excluding hydrogens is 437 g/mol. The van der Waals surface area contributed by atoms with Crippen LogP contribution in [0.1, 0.15) is 23.1 Å². The second-order valence-electron chi connectivity index (χ2n) is 8.02. The average Bonchev–Trinajstić information content (AvgIpc) is 3.42. The van der Waals surface area contributed by atoms with E-state index in [2.05, 4.69) is 36.2 Å². The van der Waals surface area contributed by atoms with Gasteiger partial charge in [-0.3, -0.25) is 0 Å². The molecule has 2 atom stereocenters. The van der Waals surface area contributed by atoms with Crippen LogP contribution in [-0.4, -0.2) is 33.8 Å². The molecule has 0 bridgehead atoms. The van der Waals surface area contributed by atoms with Crippen LogP contribution in [0, 0.1) is 6.92 Å². The molecule has 0 spiro atoms. The largest absolute Gasteiger partial charge is 0.416 e. The first-order valence-electron chi connectivity index (χ1n) is 10.4. The molecule has 0 N–H and O–H groups in total. The van der Waals surface area contributed by atoms with Crippen molar-refractivity contribution in [3.63, 3.8) is 0 Å². The molecule has 2 aromatic carbocycles. The minimum Gasteiger partial charge on any atom is -0.345 e. The minimum atomic E-state index is -4.32. The Hall–Kier alpha value is -2.29. The van der Waals surface area contributed by atoms with E-state index in [0.717, 1.165) is 23.4 Å². The van der Waals surface area contributed by atoms with Crippen molar-refractivity contribution in [1.82, 2.24) is 9.55 Å². The van der Waals surface area contributed by atoms with Crippen LogP contribution in [-0.2, 0) is 28.6 Å². The first kappa shape index (κ1) is 22.9. The van der Waals surface area contributed by atoms with Gasteiger partial charge in [-0.2, -0.15) is 13.2 Å². The Kier molecular flexibility index (Phi) is 6.93. The Morgan fingerprint density at radius 3 is 2.53 bits per heavy atom. The highest BCUT2D eigenvalue weighted by atomic mass is 32.2. The number of alkyl halides is 3. The number of hydrogen-bond donors (Lipinski definition) is 0. The van der Waals surface area contributed by atoms with Gasteiger partial charge < -0.3 is 14.0 Å². The van der Waals surface area contributed by atoms with Crippen LogP contribution in [0.4, 0.5) is 13.2 Å². The van der Waals surface area contributed by atoms with E-state index in [4.69, 9.17) is 9.47 Å². The number of halogens is 3. The van der Waals surface area contributed by atoms with Gasteiger partial charge in [0.2, 0.25) is 0 Å². The standard InChI is InChI=1S/C24H25F3N2O2S/c1-18-2-4-19(5-3-18)10-11-23(16-29-13-12-28-17-29)30-14-21(31-23)15-32-22-8-6-20(7-9-22)24(25,26)27/h2-9,12-13,17,21H,10-11,14-16H2,1H3. The van der Waals surface area contributed by atoms with Crippen LogP contribution in [0.5, 0.6) is 0 Å². The van der Waals surface area contributed by atoms with E-state index in [9.17, 15) is 13.2 Å². The summed E-state index contributed by atoms with van der Waals surface area (Å²) < 4.78 is 52.8. The Morgan fingerprint density at radius 1 is 1.12 bits per heavy atom. The van der Waals surface area contributed by atoms with Gasteiger partial charge in [0, 0.05) is 29.5 Å². The Morgan fingerprint density at radius 2 is 1.88 bits per heavy atom. The van der Waals surface area contributed by atoms with E-state index in [1.807, 2.05) is 10.8 Å². The lowest BCUT2D eigenvalue weighted by atomic mass is 10.0. The van der Waals surface area contributed by atoms with Gasteiger partial charge in [-0.05, 0) is 43.2 Å². The molecule has 0 radical (unpaired) electrons. The monoisotopic (exact) mass is 462 g/mol. The van der Waals surface area contributed by atoms with Gasteiger partial charge in [0.25, 0.3) is 0 Å². The van der Waals surface area contributed by atoms with E-state index in [0.29, 0.717) is 25.3 Å². The molecule has 8 heteroatoms. The summed E-state index contributed by atoms with van der Waals surface area (Å²) in [6.07, 6.45) is 2.37. The lowest BCUT2D eigenvalue weighted by Crippen LogP contribution is -2.37. The molecular formula is C24H25F3N2O2S. The van der Waals surface area contributed by atoms with Crippen molar-refractivity contribution < 1.29 is 22.6 Å². The average molecular weight is 463 g/mol. The number of rotatable bonds is 8. The first-order valence-corrected chi connectivity index (χ1v) is 11.4. The number of benzene rings is 2. The quantitative estimate of drug-likeness (QED) is 0.400. The van der Waals surface area contributed by atoms with Crippen LogP contribution >= 0.6 is 11.8 Å². The maximum atomic E-state index is 12.8. The summed E-state index contributed by atoms with van der Waals surface area (Å²) in [7, 11) is 0. The molecule has 3 aromatic rings. The van der Waals surface area contributed by atoms with E-state index in [-0.39, 0.29) is 6.10 Å². The van der Waals surface area contributed by atoms with E-state index < -0.39 is 17.5 Å². The molecule has 170 valence electrons. The highest BCUT2D eigenvalue weighted by Gasteiger charge is 2.41. The number of imidazole rings is 1. The third-order valence-electron chi connectivity index (χ3n) is 5.43. The first-order chi connectivity index (χ1) is 15.3. The number of nitrogens with zero attached hydrogens (tertiary/aromatic N) is 2. The smallest absolute Gasteiger partial charge is 0.345 e. The van der Waals surface area contributed by atoms with Crippen LogP contribution in [0.2, 0.25) is 0 Å². The Bertz CT molecular complexity index is 992. The summed E-state index contributed by atoms with van der Waals surface area (Å²) in [6.45, 7) is 3.03. The summed E-state index contributed by atoms with van der Waals surface area (Å²) in [4.78, 5) is 4.88. The zero-order valence-electron chi connectivity index (χ0n) is 17.7. The SMILES string of the molecule is Cc1ccc(CCC2(Cn3ccnc3)OCC(CSc3ccc(C(F)(F)F)cc3)O2)cc1. The molecule has 0 saturated carbocycles. The van der Waals surface area contributed by atoms with E-state index in [1.54, 1.807) is 12.5 Å². The zero-order chi connectivity index (χ0) is 22.6. The summed E-state index contributed by atoms with van der Waals surface area (Å²) >= 11 is 1.47. The molecule has 2 heterocycles. The number of aryl methyl sites for hydroxylation is 2. The van der Waals surface area contributed by atoms with Crippen molar-refractivity contribution >= 4 is 11.8 Å². The predicted octanol–water partition coefficient (Wildman–Crippen LogP) is 5.75. The maximum absolute atomic E-state index is 12.8. The zero-order valence-corrected chi connectivity index (χ0v) is 18.5. The third-order valence-corrected chi connectivity index (χ3v) is 6.57. The fraction of sp³-hybridized carbons (Fsp3) is 0.375. The number of hydrogen-bond acceptors (Lipinski definition) is 4. The molecule has 1 aliphatic heterocycles. The van der Waals surface area contributed by atoms with Crippen molar-refractivity contribution in [2.45, 2.75) is 49.3 Å². The normalized spacial score (nSPS) is 21.2. The molecule has 0 aliphatic carbocycles. The molecule has 32 heavy (non-hydrogen) atoms. The highest BCUT2D eigenvalue weighted by molar-refractivity contribution is 7.99. The number of aromatic nitrogens is 2. The second-order valence-corrected chi connectivity index (χ2v) is 9.11. The van der Waals surface area contributed by atoms with Crippen molar-refractivity contribution in [2.75, 3.05) is 12.4 Å². The molecule has 2 unspecified atom stereocenters. The Labute approximate surface area is 189 Å². The molecule has 1 aromatic heterocycles. The molecule has 1 saturated heterocycles. The van der Waals surface area contributed by atoms with Crippen molar-refractivity contribution in [3.8, 4) is 0 Å². The summed E-state index contributed by atoms with van der Waals surface area (Å²) in [5.41, 5.74) is 1.80. The van der Waals surface area contributed by atoms with Gasteiger partial charge in [-0.25, -0.2) is 4.98 Å². The summed E-state index contributed by atoms with van der Waals surface area (Å²) in [6, 6.07) is 13.6. The highest BCUT2D eigenvalue weighted by Crippen LogP contribution is 2.34. The van der Waals surface area contributed by atoms with Gasteiger partial charge in [0.1, 0.15) is 0 Å². The van der Waals surface area contributed by atoms with Crippen LogP contribution < -0.4 is 0 Å². The van der Waals surface area contributed by atoms with E-state index in [1.165, 1.54) is 35.0 Å². The lowest BCUT2D eigenvalue weighted by molar-refractivity contribution is -0.180. The minimum absolute atomic E-state index is 0.149. The predicted molar refractivity (Wildman–Crippen MR) is 117 cm³/mol. The van der Waals surface area contributed by atoms with Crippen LogP contribution in [0.25, 0.3) is 0 Å². The Balaban J connectivity index is 1.38. The lowest BCUT2D eigenvalue weighted by Gasteiger charge is -2.28. The fourth-order valence-electron chi connectivity index (χ4n) is 3.67. The van der Waals surface area contributed by atoms with Crippen molar-refractivity contribution in [2.24, 2.45) is 0 Å². The third kappa shape index (κ3) is 5.94. The molecule has 4 nitrogen and oxygen atoms in total. The van der Waals surface area contributed by atoms with E-state index >= 15 is 0 Å². The summed E-state index contributed by atoms with van der Waals surface area (Å²) in [5, 5.41) is 0. The van der Waals surface area contributed by atoms with Gasteiger partial charge >= 0.3 is 6.18 Å².